The summed E-state index contributed by atoms with van der Waals surface area (Å²) in [4.78, 5) is 25.7. The second-order valence-electron chi connectivity index (χ2n) is 7.35. The maximum atomic E-state index is 13.1. The van der Waals surface area contributed by atoms with Crippen molar-refractivity contribution < 1.29 is 4.79 Å². The van der Waals surface area contributed by atoms with Gasteiger partial charge in [0.05, 0.1) is 11.4 Å². The van der Waals surface area contributed by atoms with E-state index in [2.05, 4.69) is 16.0 Å². The van der Waals surface area contributed by atoms with E-state index in [1.807, 2.05) is 37.3 Å². The molecule has 0 fully saturated rings. The molecule has 0 saturated carbocycles. The molecule has 2 aromatic carbocycles. The van der Waals surface area contributed by atoms with Crippen LogP contribution in [-0.2, 0) is 7.05 Å². The van der Waals surface area contributed by atoms with Gasteiger partial charge in [0.1, 0.15) is 11.9 Å². The fourth-order valence-corrected chi connectivity index (χ4v) is 3.66. The molecule has 1 aromatic heterocycles. The number of anilines is 1. The Morgan fingerprint density at radius 1 is 1.00 bits per heavy atom. The number of carbonyl (C=O) groups excluding carboxylic acids is 1. The molecule has 3 N–H and O–H groups in total. The maximum absolute atomic E-state index is 13.1. The molecule has 1 atom stereocenters. The molecule has 3 rings (SSSR count). The van der Waals surface area contributed by atoms with Crippen LogP contribution >= 0.6 is 47.0 Å². The summed E-state index contributed by atoms with van der Waals surface area (Å²) in [5, 5.41) is 8.27. The first-order valence-corrected chi connectivity index (χ1v) is 11.4. The third-order valence-corrected chi connectivity index (χ3v) is 5.86. The van der Waals surface area contributed by atoms with Gasteiger partial charge >= 0.3 is 0 Å². The standard InChI is InChI=1S/C22H22Cl3N5O2S/c1-13-9-11-15(12-10-13)18(31)27-20(22(23,24)25)28-21(33)26-17-14(2)29(3)30(19(17)32)16-7-5-4-6-8-16/h4-12,20H,1-3H3,(H,27,31)(H2,26,28,33)/t20-/m1/s1. The summed E-state index contributed by atoms with van der Waals surface area (Å²) in [6, 6.07) is 16.1. The van der Waals surface area contributed by atoms with Crippen LogP contribution in [0.3, 0.4) is 0 Å². The molecule has 33 heavy (non-hydrogen) atoms. The number of benzene rings is 2. The Morgan fingerprint density at radius 3 is 2.18 bits per heavy atom. The van der Waals surface area contributed by atoms with E-state index in [1.165, 1.54) is 4.68 Å². The average Bonchev–Trinajstić information content (AvgIpc) is 2.96. The molecule has 0 unspecified atom stereocenters. The van der Waals surface area contributed by atoms with E-state index in [9.17, 15) is 9.59 Å². The highest BCUT2D eigenvalue weighted by Gasteiger charge is 2.35. The Bertz CT molecular complexity index is 1220. The predicted molar refractivity (Wildman–Crippen MR) is 138 cm³/mol. The van der Waals surface area contributed by atoms with Crippen molar-refractivity contribution in [2.45, 2.75) is 23.8 Å². The fraction of sp³-hybridized carbons (Fsp3) is 0.227. The van der Waals surface area contributed by atoms with Gasteiger partial charge in [-0.05, 0) is 50.3 Å². The summed E-state index contributed by atoms with van der Waals surface area (Å²) in [6.45, 7) is 3.69. The second kappa shape index (κ2) is 10.2. The van der Waals surface area contributed by atoms with Crippen LogP contribution in [0.25, 0.3) is 5.69 Å². The minimum absolute atomic E-state index is 0.00143. The van der Waals surface area contributed by atoms with E-state index in [4.69, 9.17) is 47.0 Å². The minimum Gasteiger partial charge on any atom is -0.339 e. The van der Waals surface area contributed by atoms with Crippen molar-refractivity contribution in [1.29, 1.82) is 0 Å². The number of alkyl halides is 3. The Labute approximate surface area is 211 Å². The highest BCUT2D eigenvalue weighted by molar-refractivity contribution is 7.80. The molecule has 0 radical (unpaired) electrons. The van der Waals surface area contributed by atoms with Crippen molar-refractivity contribution in [1.82, 2.24) is 20.0 Å². The van der Waals surface area contributed by atoms with Gasteiger partial charge in [-0.3, -0.25) is 14.3 Å². The van der Waals surface area contributed by atoms with E-state index in [-0.39, 0.29) is 16.4 Å². The van der Waals surface area contributed by atoms with Gasteiger partial charge in [0.2, 0.25) is 3.79 Å². The van der Waals surface area contributed by atoms with Crippen molar-refractivity contribution in [3.8, 4) is 5.69 Å². The van der Waals surface area contributed by atoms with Crippen molar-refractivity contribution >= 4 is 63.7 Å². The lowest BCUT2D eigenvalue weighted by molar-refractivity contribution is 0.0934. The number of amides is 1. The lowest BCUT2D eigenvalue weighted by atomic mass is 10.1. The topological polar surface area (TPSA) is 80.1 Å². The third-order valence-electron chi connectivity index (χ3n) is 4.98. The molecule has 0 aliphatic carbocycles. The number of hydrogen-bond acceptors (Lipinski definition) is 3. The fourth-order valence-electron chi connectivity index (χ4n) is 3.11. The molecule has 11 heteroatoms. The van der Waals surface area contributed by atoms with E-state index in [0.29, 0.717) is 16.9 Å². The maximum Gasteiger partial charge on any atom is 0.295 e. The van der Waals surface area contributed by atoms with Crippen molar-refractivity contribution in [2.75, 3.05) is 5.32 Å². The number of carbonyl (C=O) groups is 1. The number of halogens is 3. The van der Waals surface area contributed by atoms with Crippen LogP contribution in [0.5, 0.6) is 0 Å². The lowest BCUT2D eigenvalue weighted by Gasteiger charge is -2.27. The van der Waals surface area contributed by atoms with Crippen LogP contribution < -0.4 is 21.5 Å². The molecule has 7 nitrogen and oxygen atoms in total. The van der Waals surface area contributed by atoms with E-state index < -0.39 is 15.9 Å². The molecular weight excluding hydrogens is 505 g/mol. The van der Waals surface area contributed by atoms with Gasteiger partial charge in [-0.25, -0.2) is 4.68 Å². The number of aromatic nitrogens is 2. The molecule has 174 valence electrons. The van der Waals surface area contributed by atoms with Crippen LogP contribution in [0.15, 0.2) is 59.4 Å². The van der Waals surface area contributed by atoms with Crippen LogP contribution in [0, 0.1) is 13.8 Å². The molecule has 0 spiro atoms. The smallest absolute Gasteiger partial charge is 0.295 e. The van der Waals surface area contributed by atoms with Gasteiger partial charge in [0, 0.05) is 12.6 Å². The highest BCUT2D eigenvalue weighted by Crippen LogP contribution is 2.29. The van der Waals surface area contributed by atoms with Crippen LogP contribution in [-0.4, -0.2) is 30.3 Å². The van der Waals surface area contributed by atoms with Gasteiger partial charge in [-0.2, -0.15) is 0 Å². The molecular formula is C22H22Cl3N5O2S. The first-order chi connectivity index (χ1) is 15.5. The van der Waals surface area contributed by atoms with Crippen molar-refractivity contribution in [3.05, 3.63) is 81.8 Å². The van der Waals surface area contributed by atoms with Gasteiger partial charge < -0.3 is 16.0 Å². The average molecular weight is 527 g/mol. The van der Waals surface area contributed by atoms with Crippen LogP contribution in [0.4, 0.5) is 5.69 Å². The normalized spacial score (nSPS) is 12.2. The molecule has 0 bridgehead atoms. The molecule has 1 amide bonds. The Hall–Kier alpha value is -2.52. The van der Waals surface area contributed by atoms with Gasteiger partial charge in [0.25, 0.3) is 11.5 Å². The number of para-hydroxylation sites is 1. The summed E-state index contributed by atoms with van der Waals surface area (Å²) in [6.07, 6.45) is -1.17. The zero-order valence-electron chi connectivity index (χ0n) is 18.0. The number of nitrogens with zero attached hydrogens (tertiary/aromatic N) is 2. The molecule has 3 aromatic rings. The quantitative estimate of drug-likeness (QED) is 0.264. The zero-order valence-corrected chi connectivity index (χ0v) is 21.1. The summed E-state index contributed by atoms with van der Waals surface area (Å²) in [7, 11) is 1.76. The molecule has 0 aliphatic rings. The second-order valence-corrected chi connectivity index (χ2v) is 10.1. The molecule has 1 heterocycles. The van der Waals surface area contributed by atoms with Gasteiger partial charge in [-0.15, -0.1) is 0 Å². The number of thiocarbonyl (C=S) groups is 1. The SMILES string of the molecule is Cc1ccc(C(=O)N[C@H](NC(=S)Nc2c(C)n(C)n(-c3ccccc3)c2=O)C(Cl)(Cl)Cl)cc1. The van der Waals surface area contributed by atoms with Crippen molar-refractivity contribution in [3.63, 3.8) is 0 Å². The summed E-state index contributed by atoms with van der Waals surface area (Å²) < 4.78 is 1.28. The van der Waals surface area contributed by atoms with Gasteiger partial charge in [0.15, 0.2) is 5.11 Å². The molecule has 0 saturated heterocycles. The number of rotatable bonds is 5. The Morgan fingerprint density at radius 2 is 1.61 bits per heavy atom. The highest BCUT2D eigenvalue weighted by atomic mass is 35.6. The monoisotopic (exact) mass is 525 g/mol. The van der Waals surface area contributed by atoms with E-state index >= 15 is 0 Å². The summed E-state index contributed by atoms with van der Waals surface area (Å²) in [5.41, 5.74) is 2.69. The van der Waals surface area contributed by atoms with E-state index in [0.717, 1.165) is 5.56 Å². The van der Waals surface area contributed by atoms with Crippen LogP contribution in [0.1, 0.15) is 21.6 Å². The Balaban J connectivity index is 1.79. The first kappa shape index (κ1) is 25.1. The van der Waals surface area contributed by atoms with Crippen molar-refractivity contribution in [2.24, 2.45) is 7.05 Å². The number of hydrogen-bond donors (Lipinski definition) is 3. The molecule has 0 aliphatic heterocycles. The van der Waals surface area contributed by atoms with E-state index in [1.54, 1.807) is 42.9 Å². The first-order valence-electron chi connectivity index (χ1n) is 9.85. The van der Waals surface area contributed by atoms with Gasteiger partial charge in [-0.1, -0.05) is 70.7 Å². The van der Waals surface area contributed by atoms with Crippen LogP contribution in [0.2, 0.25) is 0 Å². The Kier molecular flexibility index (Phi) is 7.74. The third kappa shape index (κ3) is 5.89. The largest absolute Gasteiger partial charge is 0.339 e. The zero-order chi connectivity index (χ0) is 24.3. The summed E-state index contributed by atoms with van der Waals surface area (Å²) in [5.74, 6) is -0.455. The number of nitrogens with one attached hydrogen (secondary N) is 3. The summed E-state index contributed by atoms with van der Waals surface area (Å²) >= 11 is 23.6. The predicted octanol–water partition coefficient (Wildman–Crippen LogP) is 4.21. The number of aryl methyl sites for hydroxylation is 1. The lowest BCUT2D eigenvalue weighted by Crippen LogP contribution is -2.56. The minimum atomic E-state index is -1.93.